The molecule has 1 aromatic carbocycles. The van der Waals surface area contributed by atoms with Crippen molar-refractivity contribution in [3.05, 3.63) is 72.6 Å². The van der Waals surface area contributed by atoms with Gasteiger partial charge in [-0.3, -0.25) is 4.79 Å². The van der Waals surface area contributed by atoms with Gasteiger partial charge in [-0.25, -0.2) is 4.68 Å². The maximum absolute atomic E-state index is 11.5. The number of carbonyl (C=O) groups is 1. The first-order valence-electron chi connectivity index (χ1n) is 6.46. The molecule has 1 aromatic heterocycles. The van der Waals surface area contributed by atoms with Crippen LogP contribution in [0.5, 0.6) is 0 Å². The molecule has 1 N–H and O–H groups in total. The number of hydrogen-bond acceptors (Lipinski definition) is 2. The van der Waals surface area contributed by atoms with Gasteiger partial charge in [-0.2, -0.15) is 5.10 Å². The molecule has 0 aliphatic heterocycles. The van der Waals surface area contributed by atoms with Crippen LogP contribution in [0.4, 0.5) is 0 Å². The van der Waals surface area contributed by atoms with E-state index in [1.54, 1.807) is 17.0 Å². The summed E-state index contributed by atoms with van der Waals surface area (Å²) in [5.41, 5.74) is 2.05. The monoisotopic (exact) mass is 267 g/mol. The summed E-state index contributed by atoms with van der Waals surface area (Å²) in [6.45, 7) is 2.42. The third-order valence-electron chi connectivity index (χ3n) is 2.72. The summed E-state index contributed by atoms with van der Waals surface area (Å²) in [5.74, 6) is -0.0979. The molecule has 1 amide bonds. The predicted octanol–water partition coefficient (Wildman–Crippen LogP) is 2.62. The summed E-state index contributed by atoms with van der Waals surface area (Å²) in [7, 11) is 0. The van der Waals surface area contributed by atoms with E-state index in [0.29, 0.717) is 6.54 Å². The Labute approximate surface area is 118 Å². The molecule has 102 valence electrons. The Bertz CT molecular complexity index is 595. The van der Waals surface area contributed by atoms with Gasteiger partial charge in [0.1, 0.15) is 0 Å². The molecule has 0 radical (unpaired) electrons. The molecule has 0 aliphatic carbocycles. The number of allylic oxidation sites excluding steroid dienone is 3. The Hall–Kier alpha value is -2.62. The van der Waals surface area contributed by atoms with Gasteiger partial charge in [-0.05, 0) is 30.7 Å². The van der Waals surface area contributed by atoms with E-state index in [0.717, 1.165) is 11.3 Å². The molecule has 2 aromatic rings. The van der Waals surface area contributed by atoms with Crippen LogP contribution in [-0.2, 0) is 11.3 Å². The van der Waals surface area contributed by atoms with Gasteiger partial charge in [0, 0.05) is 25.0 Å². The fourth-order valence-electron chi connectivity index (χ4n) is 1.69. The molecule has 0 aliphatic rings. The summed E-state index contributed by atoms with van der Waals surface area (Å²) in [4.78, 5) is 11.5. The molecule has 0 saturated carbocycles. The summed E-state index contributed by atoms with van der Waals surface area (Å²) < 4.78 is 1.79. The van der Waals surface area contributed by atoms with Crippen molar-refractivity contribution in [1.29, 1.82) is 0 Å². The summed E-state index contributed by atoms with van der Waals surface area (Å²) in [6, 6.07) is 9.79. The van der Waals surface area contributed by atoms with E-state index in [1.165, 1.54) is 6.08 Å². The zero-order valence-electron chi connectivity index (χ0n) is 11.4. The smallest absolute Gasteiger partial charge is 0.244 e. The van der Waals surface area contributed by atoms with Crippen LogP contribution in [0.15, 0.2) is 67.0 Å². The van der Waals surface area contributed by atoms with Crippen molar-refractivity contribution in [2.24, 2.45) is 0 Å². The molecular formula is C16H17N3O. The molecule has 0 bridgehead atoms. The van der Waals surface area contributed by atoms with E-state index in [-0.39, 0.29) is 5.91 Å². The van der Waals surface area contributed by atoms with E-state index in [4.69, 9.17) is 0 Å². The van der Waals surface area contributed by atoms with E-state index in [2.05, 4.69) is 10.4 Å². The van der Waals surface area contributed by atoms with Gasteiger partial charge in [0.15, 0.2) is 0 Å². The second kappa shape index (κ2) is 7.09. The van der Waals surface area contributed by atoms with E-state index in [1.807, 2.05) is 55.6 Å². The number of amides is 1. The topological polar surface area (TPSA) is 46.9 Å². The molecule has 0 unspecified atom stereocenters. The minimum Gasteiger partial charge on any atom is -0.348 e. The van der Waals surface area contributed by atoms with Crippen LogP contribution in [0.2, 0.25) is 0 Å². The number of carbonyl (C=O) groups excluding carboxylic acids is 1. The Kier molecular flexibility index (Phi) is 4.89. The van der Waals surface area contributed by atoms with Crippen LogP contribution in [0.3, 0.4) is 0 Å². The van der Waals surface area contributed by atoms with Crippen molar-refractivity contribution >= 4 is 5.91 Å². The predicted molar refractivity (Wildman–Crippen MR) is 79.4 cm³/mol. The first kappa shape index (κ1) is 13.8. The van der Waals surface area contributed by atoms with Crippen molar-refractivity contribution < 1.29 is 4.79 Å². The highest BCUT2D eigenvalue weighted by molar-refractivity contribution is 5.87. The number of aromatic nitrogens is 2. The SMILES string of the molecule is C/C=C/C=C/C(=O)NCc1ccc(-n2cccn2)cc1. The Balaban J connectivity index is 1.90. The maximum atomic E-state index is 11.5. The molecule has 20 heavy (non-hydrogen) atoms. The van der Waals surface area contributed by atoms with Crippen LogP contribution < -0.4 is 5.32 Å². The molecule has 0 atom stereocenters. The molecule has 4 heteroatoms. The highest BCUT2D eigenvalue weighted by Crippen LogP contribution is 2.08. The summed E-state index contributed by atoms with van der Waals surface area (Å²) in [5, 5.41) is 6.99. The van der Waals surface area contributed by atoms with E-state index in [9.17, 15) is 4.79 Å². The van der Waals surface area contributed by atoms with Crippen LogP contribution in [0.1, 0.15) is 12.5 Å². The Morgan fingerprint density at radius 1 is 1.30 bits per heavy atom. The van der Waals surface area contributed by atoms with Gasteiger partial charge < -0.3 is 5.32 Å². The van der Waals surface area contributed by atoms with Crippen LogP contribution in [0, 0.1) is 0 Å². The van der Waals surface area contributed by atoms with Crippen molar-refractivity contribution in [3.8, 4) is 5.69 Å². The largest absolute Gasteiger partial charge is 0.348 e. The van der Waals surface area contributed by atoms with Gasteiger partial charge in [-0.15, -0.1) is 0 Å². The highest BCUT2D eigenvalue weighted by atomic mass is 16.1. The Morgan fingerprint density at radius 3 is 2.75 bits per heavy atom. The number of benzene rings is 1. The summed E-state index contributed by atoms with van der Waals surface area (Å²) >= 11 is 0. The minimum absolute atomic E-state index is 0.0979. The average molecular weight is 267 g/mol. The van der Waals surface area contributed by atoms with Crippen LogP contribution in [-0.4, -0.2) is 15.7 Å². The lowest BCUT2D eigenvalue weighted by atomic mass is 10.2. The molecule has 2 rings (SSSR count). The minimum atomic E-state index is -0.0979. The first-order chi connectivity index (χ1) is 9.79. The Morgan fingerprint density at radius 2 is 2.10 bits per heavy atom. The van der Waals surface area contributed by atoms with Crippen molar-refractivity contribution in [2.45, 2.75) is 13.5 Å². The van der Waals surface area contributed by atoms with E-state index < -0.39 is 0 Å². The normalized spacial score (nSPS) is 11.2. The van der Waals surface area contributed by atoms with Gasteiger partial charge in [0.2, 0.25) is 5.91 Å². The molecule has 0 spiro atoms. The van der Waals surface area contributed by atoms with Gasteiger partial charge >= 0.3 is 0 Å². The molecule has 0 saturated heterocycles. The molecule has 1 heterocycles. The average Bonchev–Trinajstić information content (AvgIpc) is 3.00. The first-order valence-corrected chi connectivity index (χ1v) is 6.46. The van der Waals surface area contributed by atoms with E-state index >= 15 is 0 Å². The van der Waals surface area contributed by atoms with Crippen molar-refractivity contribution in [1.82, 2.24) is 15.1 Å². The molecular weight excluding hydrogens is 250 g/mol. The second-order valence-corrected chi connectivity index (χ2v) is 4.22. The summed E-state index contributed by atoms with van der Waals surface area (Å²) in [6.07, 6.45) is 10.6. The van der Waals surface area contributed by atoms with Crippen LogP contribution >= 0.6 is 0 Å². The number of nitrogens with zero attached hydrogens (tertiary/aromatic N) is 2. The van der Waals surface area contributed by atoms with Gasteiger partial charge in [0.05, 0.1) is 5.69 Å². The lowest BCUT2D eigenvalue weighted by Crippen LogP contribution is -2.20. The third kappa shape index (κ3) is 3.95. The lowest BCUT2D eigenvalue weighted by molar-refractivity contribution is -0.116. The zero-order valence-corrected chi connectivity index (χ0v) is 11.4. The standard InChI is InChI=1S/C16H17N3O/c1-2-3-4-6-16(20)17-13-14-7-9-15(10-8-14)19-12-5-11-18-19/h2-12H,13H2,1H3,(H,17,20)/b3-2+,6-4+. The number of hydrogen-bond donors (Lipinski definition) is 1. The molecule has 4 nitrogen and oxygen atoms in total. The maximum Gasteiger partial charge on any atom is 0.244 e. The van der Waals surface area contributed by atoms with Crippen LogP contribution in [0.25, 0.3) is 5.69 Å². The number of nitrogens with one attached hydrogen (secondary N) is 1. The molecule has 0 fully saturated rings. The lowest BCUT2D eigenvalue weighted by Gasteiger charge is -2.05. The second-order valence-electron chi connectivity index (χ2n) is 4.22. The third-order valence-corrected chi connectivity index (χ3v) is 2.72. The highest BCUT2D eigenvalue weighted by Gasteiger charge is 1.98. The van der Waals surface area contributed by atoms with Crippen molar-refractivity contribution in [2.75, 3.05) is 0 Å². The van der Waals surface area contributed by atoms with Crippen molar-refractivity contribution in [3.63, 3.8) is 0 Å². The quantitative estimate of drug-likeness (QED) is 0.668. The zero-order chi connectivity index (χ0) is 14.2. The number of rotatable bonds is 5. The fourth-order valence-corrected chi connectivity index (χ4v) is 1.69. The van der Waals surface area contributed by atoms with Gasteiger partial charge in [-0.1, -0.05) is 30.4 Å². The van der Waals surface area contributed by atoms with Gasteiger partial charge in [0.25, 0.3) is 0 Å². The fraction of sp³-hybridized carbons (Fsp3) is 0.125.